The molecule has 3 heterocycles. The molecule has 0 atom stereocenters. The van der Waals surface area contributed by atoms with Gasteiger partial charge in [-0.3, -0.25) is 9.78 Å². The molecule has 0 N–H and O–H groups in total. The van der Waals surface area contributed by atoms with Crippen LogP contribution in [0.2, 0.25) is 0 Å². The Kier molecular flexibility index (Phi) is 3.60. The van der Waals surface area contributed by atoms with E-state index >= 15 is 0 Å². The van der Waals surface area contributed by atoms with Crippen LogP contribution < -0.4 is 4.90 Å². The lowest BCUT2D eigenvalue weighted by molar-refractivity contribution is 0.0740. The van der Waals surface area contributed by atoms with Gasteiger partial charge in [-0.1, -0.05) is 0 Å². The number of nitrogens with zero attached hydrogens (tertiary/aromatic N) is 5. The van der Waals surface area contributed by atoms with Crippen molar-refractivity contribution >= 4 is 22.4 Å². The Morgan fingerprint density at radius 1 is 1.25 bits per heavy atom. The Labute approximate surface area is 121 Å². The standard InChI is InChI=1S/C13H15N5OS/c1-10-9-20-13(16-10)18-6-4-17(5-7-18)12(19)11-8-14-2-3-15-11/h2-3,8-9H,4-7H2,1H3. The van der Waals surface area contributed by atoms with Crippen LogP contribution in [0.3, 0.4) is 0 Å². The maximum Gasteiger partial charge on any atom is 0.274 e. The predicted octanol–water partition coefficient (Wildman–Crippen LogP) is 1.20. The van der Waals surface area contributed by atoms with Gasteiger partial charge in [-0.25, -0.2) is 9.97 Å². The van der Waals surface area contributed by atoms with Crippen LogP contribution in [0.15, 0.2) is 24.0 Å². The maximum absolute atomic E-state index is 12.2. The van der Waals surface area contributed by atoms with E-state index in [0.717, 1.165) is 23.9 Å². The molecule has 0 aromatic carbocycles. The van der Waals surface area contributed by atoms with Crippen molar-refractivity contribution in [3.8, 4) is 0 Å². The Balaban J connectivity index is 1.63. The number of anilines is 1. The van der Waals surface area contributed by atoms with Gasteiger partial charge in [0, 0.05) is 44.0 Å². The van der Waals surface area contributed by atoms with E-state index in [1.165, 1.54) is 6.20 Å². The molecule has 0 aliphatic carbocycles. The molecule has 0 bridgehead atoms. The molecular weight excluding hydrogens is 274 g/mol. The first-order chi connectivity index (χ1) is 9.74. The van der Waals surface area contributed by atoms with Crippen molar-refractivity contribution in [2.75, 3.05) is 31.1 Å². The fourth-order valence-corrected chi connectivity index (χ4v) is 3.02. The molecule has 20 heavy (non-hydrogen) atoms. The molecule has 104 valence electrons. The topological polar surface area (TPSA) is 62.2 Å². The van der Waals surface area contributed by atoms with Crippen LogP contribution >= 0.6 is 11.3 Å². The first-order valence-electron chi connectivity index (χ1n) is 6.46. The second-order valence-corrected chi connectivity index (χ2v) is 5.48. The largest absolute Gasteiger partial charge is 0.345 e. The lowest BCUT2D eigenvalue weighted by Gasteiger charge is -2.34. The lowest BCUT2D eigenvalue weighted by Crippen LogP contribution is -2.49. The average Bonchev–Trinajstić information content (AvgIpc) is 2.94. The number of hydrogen-bond donors (Lipinski definition) is 0. The van der Waals surface area contributed by atoms with E-state index in [9.17, 15) is 4.79 Å². The highest BCUT2D eigenvalue weighted by atomic mass is 32.1. The number of carbonyl (C=O) groups is 1. The van der Waals surface area contributed by atoms with E-state index in [2.05, 4.69) is 19.9 Å². The quantitative estimate of drug-likeness (QED) is 0.831. The number of rotatable bonds is 2. The van der Waals surface area contributed by atoms with Gasteiger partial charge in [0.25, 0.3) is 5.91 Å². The number of hydrogen-bond acceptors (Lipinski definition) is 6. The summed E-state index contributed by atoms with van der Waals surface area (Å²) in [6.45, 7) is 4.98. The minimum Gasteiger partial charge on any atom is -0.345 e. The van der Waals surface area contributed by atoms with E-state index in [-0.39, 0.29) is 5.91 Å². The number of thiazole rings is 1. The minimum atomic E-state index is -0.0481. The monoisotopic (exact) mass is 289 g/mol. The van der Waals surface area contributed by atoms with Gasteiger partial charge in [-0.05, 0) is 6.92 Å². The van der Waals surface area contributed by atoms with Gasteiger partial charge in [-0.2, -0.15) is 0 Å². The Hall–Kier alpha value is -2.02. The molecule has 1 amide bonds. The molecule has 1 aliphatic heterocycles. The van der Waals surface area contributed by atoms with Crippen LogP contribution in [-0.2, 0) is 0 Å². The molecule has 2 aromatic heterocycles. The van der Waals surface area contributed by atoms with E-state index in [1.807, 2.05) is 17.2 Å². The number of amides is 1. The van der Waals surface area contributed by atoms with Crippen molar-refractivity contribution in [2.24, 2.45) is 0 Å². The summed E-state index contributed by atoms with van der Waals surface area (Å²) in [4.78, 5) is 28.8. The molecular formula is C13H15N5OS. The van der Waals surface area contributed by atoms with Gasteiger partial charge in [0.05, 0.1) is 11.9 Å². The van der Waals surface area contributed by atoms with Crippen molar-refractivity contribution in [2.45, 2.75) is 6.92 Å². The van der Waals surface area contributed by atoms with Gasteiger partial charge in [0.15, 0.2) is 5.13 Å². The summed E-state index contributed by atoms with van der Waals surface area (Å²) in [7, 11) is 0. The number of aromatic nitrogens is 3. The maximum atomic E-state index is 12.2. The van der Waals surface area contributed by atoms with E-state index in [0.29, 0.717) is 18.8 Å². The van der Waals surface area contributed by atoms with E-state index < -0.39 is 0 Å². The van der Waals surface area contributed by atoms with Gasteiger partial charge in [-0.15, -0.1) is 11.3 Å². The highest BCUT2D eigenvalue weighted by Crippen LogP contribution is 2.21. The summed E-state index contributed by atoms with van der Waals surface area (Å²) in [5.41, 5.74) is 1.45. The molecule has 0 radical (unpaired) electrons. The van der Waals surface area contributed by atoms with Gasteiger partial charge < -0.3 is 9.80 Å². The summed E-state index contributed by atoms with van der Waals surface area (Å²) in [6.07, 6.45) is 4.63. The molecule has 1 fully saturated rings. The zero-order valence-electron chi connectivity index (χ0n) is 11.2. The van der Waals surface area contributed by atoms with Crippen LogP contribution in [0.25, 0.3) is 0 Å². The van der Waals surface area contributed by atoms with Gasteiger partial charge >= 0.3 is 0 Å². The normalized spacial score (nSPS) is 15.4. The van der Waals surface area contributed by atoms with Crippen LogP contribution in [0.5, 0.6) is 0 Å². The van der Waals surface area contributed by atoms with Crippen LogP contribution in [-0.4, -0.2) is 51.9 Å². The molecule has 6 nitrogen and oxygen atoms in total. The molecule has 1 aliphatic rings. The fraction of sp³-hybridized carbons (Fsp3) is 0.385. The number of piperazine rings is 1. The summed E-state index contributed by atoms with van der Waals surface area (Å²) in [5.74, 6) is -0.0481. The third-order valence-corrected chi connectivity index (χ3v) is 4.25. The highest BCUT2D eigenvalue weighted by molar-refractivity contribution is 7.13. The van der Waals surface area contributed by atoms with E-state index in [1.54, 1.807) is 23.7 Å². The first kappa shape index (κ1) is 13.0. The van der Waals surface area contributed by atoms with Crippen LogP contribution in [0.4, 0.5) is 5.13 Å². The predicted molar refractivity (Wildman–Crippen MR) is 77.0 cm³/mol. The number of carbonyl (C=O) groups excluding carboxylic acids is 1. The average molecular weight is 289 g/mol. The van der Waals surface area contributed by atoms with E-state index in [4.69, 9.17) is 0 Å². The first-order valence-corrected chi connectivity index (χ1v) is 7.34. The third kappa shape index (κ3) is 2.62. The SMILES string of the molecule is Cc1csc(N2CCN(C(=O)c3cnccn3)CC2)n1. The summed E-state index contributed by atoms with van der Waals surface area (Å²) in [5, 5.41) is 3.08. The van der Waals surface area contributed by atoms with Crippen molar-refractivity contribution in [1.82, 2.24) is 19.9 Å². The Bertz CT molecular complexity index is 592. The van der Waals surface area contributed by atoms with Crippen LogP contribution in [0, 0.1) is 6.92 Å². The molecule has 1 saturated heterocycles. The highest BCUT2D eigenvalue weighted by Gasteiger charge is 2.24. The van der Waals surface area contributed by atoms with Gasteiger partial charge in [0.2, 0.25) is 0 Å². The lowest BCUT2D eigenvalue weighted by atomic mass is 10.3. The van der Waals surface area contributed by atoms with Crippen molar-refractivity contribution < 1.29 is 4.79 Å². The minimum absolute atomic E-state index is 0.0481. The zero-order chi connectivity index (χ0) is 13.9. The fourth-order valence-electron chi connectivity index (χ4n) is 2.16. The second kappa shape index (κ2) is 5.54. The summed E-state index contributed by atoms with van der Waals surface area (Å²) >= 11 is 1.65. The molecule has 0 saturated carbocycles. The molecule has 0 spiro atoms. The molecule has 2 aromatic rings. The Morgan fingerprint density at radius 2 is 2.05 bits per heavy atom. The molecule has 3 rings (SSSR count). The van der Waals surface area contributed by atoms with Crippen molar-refractivity contribution in [1.29, 1.82) is 0 Å². The zero-order valence-corrected chi connectivity index (χ0v) is 12.0. The second-order valence-electron chi connectivity index (χ2n) is 4.64. The summed E-state index contributed by atoms with van der Waals surface area (Å²) in [6, 6.07) is 0. The molecule has 0 unspecified atom stereocenters. The summed E-state index contributed by atoms with van der Waals surface area (Å²) < 4.78 is 0. The van der Waals surface area contributed by atoms with Crippen LogP contribution in [0.1, 0.15) is 16.2 Å². The van der Waals surface area contributed by atoms with Crippen molar-refractivity contribution in [3.05, 3.63) is 35.4 Å². The third-order valence-electron chi connectivity index (χ3n) is 3.23. The smallest absolute Gasteiger partial charge is 0.274 e. The van der Waals surface area contributed by atoms with Gasteiger partial charge in [0.1, 0.15) is 5.69 Å². The molecule has 7 heteroatoms. The number of aryl methyl sites for hydroxylation is 1. The Morgan fingerprint density at radius 3 is 2.65 bits per heavy atom. The van der Waals surface area contributed by atoms with Crippen molar-refractivity contribution in [3.63, 3.8) is 0 Å².